The van der Waals surface area contributed by atoms with E-state index in [9.17, 15) is 9.59 Å². The van der Waals surface area contributed by atoms with Gasteiger partial charge in [-0.3, -0.25) is 9.78 Å². The Labute approximate surface area is 145 Å². The molecule has 25 heavy (non-hydrogen) atoms. The summed E-state index contributed by atoms with van der Waals surface area (Å²) in [6.07, 6.45) is 6.80. The lowest BCUT2D eigenvalue weighted by molar-refractivity contribution is 0.0452. The first-order valence-corrected chi connectivity index (χ1v) is 8.50. The van der Waals surface area contributed by atoms with Gasteiger partial charge in [0, 0.05) is 32.0 Å². The van der Waals surface area contributed by atoms with E-state index in [1.165, 1.54) is 6.26 Å². The standard InChI is InChI=1S/C18H20N4O3/c23-17(16-4-2-8-25-16)22-14-5-6-15(22)12-21(11-14)18(24)20-10-13-3-1-7-19-9-13/h1-4,7-9,14-15H,5-6,10-12H2,(H,20,24). The van der Waals surface area contributed by atoms with Gasteiger partial charge in [0.1, 0.15) is 0 Å². The van der Waals surface area contributed by atoms with E-state index >= 15 is 0 Å². The number of rotatable bonds is 3. The molecule has 2 saturated heterocycles. The second-order valence-corrected chi connectivity index (χ2v) is 6.50. The highest BCUT2D eigenvalue weighted by Gasteiger charge is 2.44. The predicted molar refractivity (Wildman–Crippen MR) is 89.7 cm³/mol. The van der Waals surface area contributed by atoms with Gasteiger partial charge in [0.25, 0.3) is 5.91 Å². The molecule has 4 rings (SSSR count). The molecular weight excluding hydrogens is 320 g/mol. The molecule has 7 heteroatoms. The number of aromatic nitrogens is 1. The highest BCUT2D eigenvalue weighted by Crippen LogP contribution is 2.31. The molecule has 0 spiro atoms. The molecule has 130 valence electrons. The van der Waals surface area contributed by atoms with E-state index in [-0.39, 0.29) is 24.0 Å². The van der Waals surface area contributed by atoms with Crippen LogP contribution in [0.15, 0.2) is 47.3 Å². The number of likely N-dealkylation sites (tertiary alicyclic amines) is 1. The van der Waals surface area contributed by atoms with Crippen molar-refractivity contribution >= 4 is 11.9 Å². The molecular formula is C18H20N4O3. The van der Waals surface area contributed by atoms with Crippen molar-refractivity contribution in [3.8, 4) is 0 Å². The lowest BCUT2D eigenvalue weighted by Crippen LogP contribution is -2.58. The highest BCUT2D eigenvalue weighted by atomic mass is 16.3. The molecule has 0 radical (unpaired) electrons. The summed E-state index contributed by atoms with van der Waals surface area (Å²) >= 11 is 0. The normalized spacial score (nSPS) is 22.1. The summed E-state index contributed by atoms with van der Waals surface area (Å²) in [5.74, 6) is 0.291. The first-order chi connectivity index (χ1) is 12.2. The number of carbonyl (C=O) groups is 2. The Morgan fingerprint density at radius 2 is 2.00 bits per heavy atom. The molecule has 1 N–H and O–H groups in total. The van der Waals surface area contributed by atoms with Gasteiger partial charge in [-0.1, -0.05) is 6.07 Å². The molecule has 2 fully saturated rings. The average molecular weight is 340 g/mol. The van der Waals surface area contributed by atoms with Crippen LogP contribution < -0.4 is 5.32 Å². The largest absolute Gasteiger partial charge is 0.459 e. The van der Waals surface area contributed by atoms with Crippen LogP contribution in [0.1, 0.15) is 29.0 Å². The predicted octanol–water partition coefficient (Wildman–Crippen LogP) is 1.87. The average Bonchev–Trinajstić information content (AvgIpc) is 3.26. The van der Waals surface area contributed by atoms with E-state index in [1.54, 1.807) is 24.5 Å². The van der Waals surface area contributed by atoms with Gasteiger partial charge in [-0.25, -0.2) is 4.79 Å². The number of hydrogen-bond donors (Lipinski definition) is 1. The Hall–Kier alpha value is -2.83. The van der Waals surface area contributed by atoms with E-state index < -0.39 is 0 Å². The van der Waals surface area contributed by atoms with Gasteiger partial charge in [-0.2, -0.15) is 0 Å². The Kier molecular flexibility index (Phi) is 4.13. The van der Waals surface area contributed by atoms with Crippen LogP contribution in [0.2, 0.25) is 0 Å². The number of furan rings is 1. The number of piperazine rings is 1. The number of hydrogen-bond acceptors (Lipinski definition) is 4. The van der Waals surface area contributed by atoms with Crippen molar-refractivity contribution in [2.75, 3.05) is 13.1 Å². The summed E-state index contributed by atoms with van der Waals surface area (Å²) in [7, 11) is 0. The summed E-state index contributed by atoms with van der Waals surface area (Å²) in [5.41, 5.74) is 0.963. The van der Waals surface area contributed by atoms with Gasteiger partial charge in [0.2, 0.25) is 0 Å². The third kappa shape index (κ3) is 3.09. The molecule has 2 bridgehead atoms. The third-order valence-electron chi connectivity index (χ3n) is 4.90. The highest BCUT2D eigenvalue weighted by molar-refractivity contribution is 5.92. The second kappa shape index (κ2) is 6.58. The van der Waals surface area contributed by atoms with Gasteiger partial charge in [0.05, 0.1) is 18.3 Å². The van der Waals surface area contributed by atoms with Crippen molar-refractivity contribution in [3.63, 3.8) is 0 Å². The Balaban J connectivity index is 1.38. The van der Waals surface area contributed by atoms with Crippen LogP contribution >= 0.6 is 0 Å². The number of fused-ring (bicyclic) bond motifs is 2. The first-order valence-electron chi connectivity index (χ1n) is 8.50. The fourth-order valence-electron chi connectivity index (χ4n) is 3.72. The molecule has 7 nitrogen and oxygen atoms in total. The fraction of sp³-hybridized carbons (Fsp3) is 0.389. The third-order valence-corrected chi connectivity index (χ3v) is 4.90. The molecule has 0 aliphatic carbocycles. The van der Waals surface area contributed by atoms with Crippen LogP contribution in [0, 0.1) is 0 Å². The molecule has 4 heterocycles. The lowest BCUT2D eigenvalue weighted by atomic mass is 10.1. The van der Waals surface area contributed by atoms with E-state index in [0.29, 0.717) is 25.4 Å². The van der Waals surface area contributed by atoms with Crippen molar-refractivity contribution in [2.45, 2.75) is 31.5 Å². The van der Waals surface area contributed by atoms with E-state index in [1.807, 2.05) is 21.9 Å². The minimum Gasteiger partial charge on any atom is -0.459 e. The SMILES string of the molecule is O=C(NCc1cccnc1)N1CC2CCC(C1)N2C(=O)c1ccco1. The zero-order valence-corrected chi connectivity index (χ0v) is 13.8. The summed E-state index contributed by atoms with van der Waals surface area (Å²) < 4.78 is 5.24. The molecule has 2 aromatic rings. The van der Waals surface area contributed by atoms with Crippen molar-refractivity contribution in [1.29, 1.82) is 0 Å². The van der Waals surface area contributed by atoms with Crippen LogP contribution in [-0.2, 0) is 6.54 Å². The molecule has 0 aromatic carbocycles. The molecule has 2 aliphatic rings. The van der Waals surface area contributed by atoms with Gasteiger partial charge < -0.3 is 19.5 Å². The van der Waals surface area contributed by atoms with E-state index in [2.05, 4.69) is 10.3 Å². The lowest BCUT2D eigenvalue weighted by Gasteiger charge is -2.40. The van der Waals surface area contributed by atoms with Gasteiger partial charge >= 0.3 is 6.03 Å². The molecule has 2 aliphatic heterocycles. The maximum atomic E-state index is 12.6. The van der Waals surface area contributed by atoms with Crippen LogP contribution in [0.3, 0.4) is 0 Å². The molecule has 0 saturated carbocycles. The van der Waals surface area contributed by atoms with Crippen molar-refractivity contribution < 1.29 is 14.0 Å². The zero-order chi connectivity index (χ0) is 17.2. The van der Waals surface area contributed by atoms with E-state index in [0.717, 1.165) is 18.4 Å². The second-order valence-electron chi connectivity index (χ2n) is 6.50. The minimum atomic E-state index is -0.0918. The van der Waals surface area contributed by atoms with Gasteiger partial charge in [0.15, 0.2) is 5.76 Å². The number of pyridine rings is 1. The fourth-order valence-corrected chi connectivity index (χ4v) is 3.72. The van der Waals surface area contributed by atoms with E-state index in [4.69, 9.17) is 4.42 Å². The quantitative estimate of drug-likeness (QED) is 0.925. The maximum absolute atomic E-state index is 12.6. The van der Waals surface area contributed by atoms with Crippen LogP contribution in [0.4, 0.5) is 4.79 Å². The summed E-state index contributed by atoms with van der Waals surface area (Å²) in [4.78, 5) is 32.8. The number of carbonyl (C=O) groups excluding carboxylic acids is 2. The summed E-state index contributed by atoms with van der Waals surface area (Å²) in [6, 6.07) is 7.20. The Morgan fingerprint density at radius 3 is 2.64 bits per heavy atom. The minimum absolute atomic E-state index is 0.0560. The van der Waals surface area contributed by atoms with Crippen molar-refractivity contribution in [3.05, 3.63) is 54.2 Å². The van der Waals surface area contributed by atoms with Crippen LogP contribution in [-0.4, -0.2) is 51.9 Å². The van der Waals surface area contributed by atoms with Crippen molar-refractivity contribution in [1.82, 2.24) is 20.1 Å². The first kappa shape index (κ1) is 15.7. The molecule has 2 unspecified atom stereocenters. The smallest absolute Gasteiger partial charge is 0.317 e. The number of urea groups is 1. The summed E-state index contributed by atoms with van der Waals surface area (Å²) in [6.45, 7) is 1.57. The van der Waals surface area contributed by atoms with Gasteiger partial charge in [-0.15, -0.1) is 0 Å². The summed E-state index contributed by atoms with van der Waals surface area (Å²) in [5, 5.41) is 2.93. The Bertz CT molecular complexity index is 733. The molecule has 2 aromatic heterocycles. The topological polar surface area (TPSA) is 78.7 Å². The molecule has 3 amide bonds. The molecule has 2 atom stereocenters. The van der Waals surface area contributed by atoms with Crippen LogP contribution in [0.5, 0.6) is 0 Å². The van der Waals surface area contributed by atoms with Crippen molar-refractivity contribution in [2.24, 2.45) is 0 Å². The number of amides is 3. The van der Waals surface area contributed by atoms with Gasteiger partial charge in [-0.05, 0) is 36.6 Å². The maximum Gasteiger partial charge on any atom is 0.317 e. The number of nitrogens with one attached hydrogen (secondary N) is 1. The monoisotopic (exact) mass is 340 g/mol. The number of nitrogens with zero attached hydrogens (tertiary/aromatic N) is 3. The van der Waals surface area contributed by atoms with Crippen LogP contribution in [0.25, 0.3) is 0 Å². The Morgan fingerprint density at radius 1 is 1.20 bits per heavy atom. The zero-order valence-electron chi connectivity index (χ0n) is 13.8.